The van der Waals surface area contributed by atoms with Crippen LogP contribution < -0.4 is 16.4 Å². The number of fused-ring (bicyclic) bond motifs is 1. The Kier molecular flexibility index (Phi) is 3.87. The van der Waals surface area contributed by atoms with Crippen LogP contribution in [0.4, 0.5) is 5.82 Å². The number of hydrogen-bond donors (Lipinski definition) is 3. The topological polar surface area (TPSA) is 80.0 Å². The van der Waals surface area contributed by atoms with Gasteiger partial charge in [0.05, 0.1) is 5.56 Å². The smallest absolute Gasteiger partial charge is 0.252 e. The highest BCUT2D eigenvalue weighted by Gasteiger charge is 2.20. The molecular formula is C15H22N4O. The maximum Gasteiger partial charge on any atom is 0.252 e. The third-order valence-corrected chi connectivity index (χ3v) is 4.25. The normalized spacial score (nSPS) is 19.4. The standard InChI is InChI=1S/C15H22N4O/c16-14(20)12-9-10-3-1-2-4-13(10)19-15(12)18-11-5-7-17-8-6-11/h9,11,17H,1-8H2,(H2,16,20)(H,18,19). The lowest BCUT2D eigenvalue weighted by Gasteiger charge is -2.26. The van der Waals surface area contributed by atoms with Crippen molar-refractivity contribution in [3.05, 3.63) is 22.9 Å². The van der Waals surface area contributed by atoms with Gasteiger partial charge < -0.3 is 16.4 Å². The lowest BCUT2D eigenvalue weighted by atomic mass is 9.94. The van der Waals surface area contributed by atoms with Crippen molar-refractivity contribution >= 4 is 11.7 Å². The van der Waals surface area contributed by atoms with Gasteiger partial charge in [-0.2, -0.15) is 0 Å². The Hall–Kier alpha value is -1.62. The van der Waals surface area contributed by atoms with Crippen LogP contribution in [-0.4, -0.2) is 30.0 Å². The highest BCUT2D eigenvalue weighted by molar-refractivity contribution is 5.97. The van der Waals surface area contributed by atoms with E-state index in [4.69, 9.17) is 10.7 Å². The maximum absolute atomic E-state index is 11.7. The Labute approximate surface area is 119 Å². The van der Waals surface area contributed by atoms with Crippen molar-refractivity contribution in [1.82, 2.24) is 10.3 Å². The molecule has 1 aliphatic heterocycles. The molecule has 0 saturated carbocycles. The molecule has 0 unspecified atom stereocenters. The van der Waals surface area contributed by atoms with Crippen molar-refractivity contribution in [2.45, 2.75) is 44.6 Å². The molecular weight excluding hydrogens is 252 g/mol. The maximum atomic E-state index is 11.7. The lowest BCUT2D eigenvalue weighted by molar-refractivity contribution is 0.100. The monoisotopic (exact) mass is 274 g/mol. The van der Waals surface area contributed by atoms with E-state index in [1.807, 2.05) is 6.07 Å². The van der Waals surface area contributed by atoms with Crippen molar-refractivity contribution < 1.29 is 4.79 Å². The second-order valence-corrected chi connectivity index (χ2v) is 5.73. The average molecular weight is 274 g/mol. The van der Waals surface area contributed by atoms with Crippen LogP contribution in [0.15, 0.2) is 6.07 Å². The molecule has 1 fully saturated rings. The summed E-state index contributed by atoms with van der Waals surface area (Å²) in [7, 11) is 0. The van der Waals surface area contributed by atoms with Crippen LogP contribution in [0.3, 0.4) is 0 Å². The first-order valence-electron chi connectivity index (χ1n) is 7.54. The highest BCUT2D eigenvalue weighted by Crippen LogP contribution is 2.25. The van der Waals surface area contributed by atoms with Gasteiger partial charge in [-0.1, -0.05) is 0 Å². The zero-order valence-electron chi connectivity index (χ0n) is 11.7. The first-order valence-corrected chi connectivity index (χ1v) is 7.54. The molecule has 20 heavy (non-hydrogen) atoms. The lowest BCUT2D eigenvalue weighted by Crippen LogP contribution is -2.36. The zero-order chi connectivity index (χ0) is 13.9. The number of carbonyl (C=O) groups excluding carboxylic acids is 1. The third-order valence-electron chi connectivity index (χ3n) is 4.25. The van der Waals surface area contributed by atoms with Gasteiger partial charge in [0.1, 0.15) is 5.82 Å². The second kappa shape index (κ2) is 5.79. The molecule has 0 atom stereocenters. The van der Waals surface area contributed by atoms with E-state index in [-0.39, 0.29) is 5.91 Å². The number of nitrogens with one attached hydrogen (secondary N) is 2. The summed E-state index contributed by atoms with van der Waals surface area (Å²) in [5.41, 5.74) is 8.40. The van der Waals surface area contributed by atoms with Crippen molar-refractivity contribution in [2.24, 2.45) is 5.73 Å². The summed E-state index contributed by atoms with van der Waals surface area (Å²) in [6.07, 6.45) is 6.48. The fourth-order valence-corrected chi connectivity index (χ4v) is 3.09. The molecule has 1 amide bonds. The van der Waals surface area contributed by atoms with E-state index in [0.29, 0.717) is 17.4 Å². The number of amides is 1. The van der Waals surface area contributed by atoms with E-state index in [2.05, 4.69) is 10.6 Å². The minimum atomic E-state index is -0.387. The fourth-order valence-electron chi connectivity index (χ4n) is 3.09. The molecule has 0 spiro atoms. The number of pyridine rings is 1. The van der Waals surface area contributed by atoms with Crippen molar-refractivity contribution in [3.8, 4) is 0 Å². The predicted octanol–water partition coefficient (Wildman–Crippen LogP) is 1.22. The number of anilines is 1. The van der Waals surface area contributed by atoms with Gasteiger partial charge in [0.15, 0.2) is 0 Å². The summed E-state index contributed by atoms with van der Waals surface area (Å²) >= 11 is 0. The molecule has 2 aliphatic rings. The number of nitrogens with zero attached hydrogens (tertiary/aromatic N) is 1. The minimum Gasteiger partial charge on any atom is -0.367 e. The van der Waals surface area contributed by atoms with Crippen molar-refractivity contribution in [3.63, 3.8) is 0 Å². The summed E-state index contributed by atoms with van der Waals surface area (Å²) in [5.74, 6) is 0.298. The average Bonchev–Trinajstić information content (AvgIpc) is 2.47. The van der Waals surface area contributed by atoms with Gasteiger partial charge in [-0.3, -0.25) is 4.79 Å². The predicted molar refractivity (Wildman–Crippen MR) is 78.9 cm³/mol. The van der Waals surface area contributed by atoms with Crippen molar-refractivity contribution in [2.75, 3.05) is 18.4 Å². The van der Waals surface area contributed by atoms with Gasteiger partial charge in [0.2, 0.25) is 0 Å². The van der Waals surface area contributed by atoms with Gasteiger partial charge in [-0.25, -0.2) is 4.98 Å². The van der Waals surface area contributed by atoms with Gasteiger partial charge >= 0.3 is 0 Å². The second-order valence-electron chi connectivity index (χ2n) is 5.73. The molecule has 5 nitrogen and oxygen atoms in total. The zero-order valence-corrected chi connectivity index (χ0v) is 11.7. The summed E-state index contributed by atoms with van der Waals surface area (Å²) in [4.78, 5) is 16.4. The molecule has 1 aromatic rings. The van der Waals surface area contributed by atoms with Gasteiger partial charge in [0, 0.05) is 11.7 Å². The number of primary amides is 1. The number of piperidine rings is 1. The van der Waals surface area contributed by atoms with Gasteiger partial charge in [0.25, 0.3) is 5.91 Å². The van der Waals surface area contributed by atoms with Crippen LogP contribution in [0.1, 0.15) is 47.3 Å². The van der Waals surface area contributed by atoms with E-state index in [1.165, 1.54) is 18.4 Å². The van der Waals surface area contributed by atoms with E-state index < -0.39 is 0 Å². The molecule has 5 heteroatoms. The molecule has 2 heterocycles. The number of hydrogen-bond acceptors (Lipinski definition) is 4. The first kappa shape index (κ1) is 13.4. The number of aryl methyl sites for hydroxylation is 2. The van der Waals surface area contributed by atoms with Crippen LogP contribution in [0.2, 0.25) is 0 Å². The largest absolute Gasteiger partial charge is 0.367 e. The SMILES string of the molecule is NC(=O)c1cc2c(nc1NC1CCNCC1)CCCC2. The van der Waals surface area contributed by atoms with Gasteiger partial charge in [-0.05, 0) is 63.2 Å². The van der Waals surface area contributed by atoms with E-state index in [0.717, 1.165) is 44.5 Å². The first-order chi connectivity index (χ1) is 9.74. The number of aromatic nitrogens is 1. The summed E-state index contributed by atoms with van der Waals surface area (Å²) in [6.45, 7) is 2.02. The van der Waals surface area contributed by atoms with Crippen LogP contribution in [0.25, 0.3) is 0 Å². The molecule has 108 valence electrons. The molecule has 1 aromatic heterocycles. The Balaban J connectivity index is 1.88. The summed E-state index contributed by atoms with van der Waals surface area (Å²) in [5, 5.41) is 6.76. The minimum absolute atomic E-state index is 0.378. The van der Waals surface area contributed by atoms with Gasteiger partial charge in [-0.15, -0.1) is 0 Å². The summed E-state index contributed by atoms with van der Waals surface area (Å²) < 4.78 is 0. The van der Waals surface area contributed by atoms with E-state index in [1.54, 1.807) is 0 Å². The molecule has 0 aromatic carbocycles. The van der Waals surface area contributed by atoms with Crippen LogP contribution in [-0.2, 0) is 12.8 Å². The Bertz CT molecular complexity index is 509. The highest BCUT2D eigenvalue weighted by atomic mass is 16.1. The number of carbonyl (C=O) groups is 1. The third kappa shape index (κ3) is 2.77. The molecule has 1 saturated heterocycles. The van der Waals surface area contributed by atoms with Crippen LogP contribution >= 0.6 is 0 Å². The van der Waals surface area contributed by atoms with E-state index >= 15 is 0 Å². The van der Waals surface area contributed by atoms with Crippen LogP contribution in [0.5, 0.6) is 0 Å². The molecule has 0 bridgehead atoms. The fraction of sp³-hybridized carbons (Fsp3) is 0.600. The number of rotatable bonds is 3. The molecule has 0 radical (unpaired) electrons. The van der Waals surface area contributed by atoms with Crippen LogP contribution in [0, 0.1) is 0 Å². The number of nitrogens with two attached hydrogens (primary N) is 1. The quantitative estimate of drug-likeness (QED) is 0.774. The Morgan fingerprint density at radius 2 is 2.05 bits per heavy atom. The molecule has 3 rings (SSSR count). The van der Waals surface area contributed by atoms with E-state index in [9.17, 15) is 4.79 Å². The molecule has 4 N–H and O–H groups in total. The van der Waals surface area contributed by atoms with Crippen molar-refractivity contribution in [1.29, 1.82) is 0 Å². The Morgan fingerprint density at radius 1 is 1.30 bits per heavy atom. The Morgan fingerprint density at radius 3 is 2.80 bits per heavy atom. The molecule has 1 aliphatic carbocycles. The summed E-state index contributed by atoms with van der Waals surface area (Å²) in [6, 6.07) is 2.33.